The largest absolute Gasteiger partial charge is 0.256 e. The highest BCUT2D eigenvalue weighted by Crippen LogP contribution is 2.24. The van der Waals surface area contributed by atoms with E-state index < -0.39 is 0 Å². The number of pyridine rings is 1. The van der Waals surface area contributed by atoms with Crippen molar-refractivity contribution in [2.24, 2.45) is 0 Å². The molecule has 1 aromatic heterocycles. The molecule has 0 spiro atoms. The Morgan fingerprint density at radius 3 is 2.16 bits per heavy atom. The topological polar surface area (TPSA) is 12.9 Å². The van der Waals surface area contributed by atoms with Crippen LogP contribution in [0.25, 0.3) is 22.4 Å². The van der Waals surface area contributed by atoms with Crippen molar-refractivity contribution in [2.45, 2.75) is 6.92 Å². The van der Waals surface area contributed by atoms with Crippen molar-refractivity contribution >= 4 is 0 Å². The molecule has 0 N–H and O–H groups in total. The average Bonchev–Trinajstić information content (AvgIpc) is 2.49. The molecule has 1 nitrogen and oxygen atoms in total. The molecule has 19 heavy (non-hydrogen) atoms. The molecule has 1 heterocycles. The number of rotatable bonds is 2. The van der Waals surface area contributed by atoms with Crippen LogP contribution in [0.3, 0.4) is 0 Å². The van der Waals surface area contributed by atoms with Gasteiger partial charge in [-0.3, -0.25) is 4.98 Å². The molecule has 0 saturated heterocycles. The highest BCUT2D eigenvalue weighted by molar-refractivity contribution is 5.70. The normalized spacial score (nSPS) is 10.4. The maximum Gasteiger partial charge on any atom is 0.0708 e. The van der Waals surface area contributed by atoms with Gasteiger partial charge >= 0.3 is 0 Å². The minimum Gasteiger partial charge on any atom is -0.256 e. The molecule has 0 aliphatic rings. The fourth-order valence-electron chi connectivity index (χ4n) is 2.12. The first-order chi connectivity index (χ1) is 9.33. The summed E-state index contributed by atoms with van der Waals surface area (Å²) in [6.45, 7) is 2.10. The van der Waals surface area contributed by atoms with Crippen LogP contribution in [0.2, 0.25) is 0 Å². The predicted molar refractivity (Wildman–Crippen MR) is 79.8 cm³/mol. The lowest BCUT2D eigenvalue weighted by Gasteiger charge is -2.05. The molecule has 0 radical (unpaired) electrons. The molecule has 0 aliphatic carbocycles. The predicted octanol–water partition coefficient (Wildman–Crippen LogP) is 4.72. The molecule has 0 saturated carbocycles. The summed E-state index contributed by atoms with van der Waals surface area (Å²) in [5.74, 6) is 0. The van der Waals surface area contributed by atoms with Gasteiger partial charge in [-0.2, -0.15) is 0 Å². The van der Waals surface area contributed by atoms with Gasteiger partial charge in [0.15, 0.2) is 0 Å². The third-order valence-corrected chi connectivity index (χ3v) is 3.21. The summed E-state index contributed by atoms with van der Waals surface area (Å²) in [5.41, 5.74) is 5.87. The Labute approximate surface area is 113 Å². The highest BCUT2D eigenvalue weighted by atomic mass is 14.7. The molecule has 0 fully saturated rings. The van der Waals surface area contributed by atoms with E-state index in [1.54, 1.807) is 0 Å². The lowest BCUT2D eigenvalue weighted by Crippen LogP contribution is -1.85. The van der Waals surface area contributed by atoms with Crippen LogP contribution in [-0.4, -0.2) is 4.98 Å². The summed E-state index contributed by atoms with van der Waals surface area (Å²) < 4.78 is 0. The van der Waals surface area contributed by atoms with Crippen LogP contribution in [0.1, 0.15) is 5.56 Å². The number of hydrogen-bond donors (Lipinski definition) is 0. The zero-order valence-electron chi connectivity index (χ0n) is 10.9. The van der Waals surface area contributed by atoms with Crippen molar-refractivity contribution in [1.82, 2.24) is 4.98 Å². The summed E-state index contributed by atoms with van der Waals surface area (Å²) >= 11 is 0. The van der Waals surface area contributed by atoms with Crippen LogP contribution in [0, 0.1) is 6.92 Å². The Bertz CT molecular complexity index is 670. The molecule has 92 valence electrons. The van der Waals surface area contributed by atoms with Gasteiger partial charge in [0.1, 0.15) is 0 Å². The van der Waals surface area contributed by atoms with E-state index >= 15 is 0 Å². The highest BCUT2D eigenvalue weighted by Gasteiger charge is 2.02. The molecule has 0 bridgehead atoms. The molecule has 3 aromatic rings. The second-order valence-corrected chi connectivity index (χ2v) is 4.66. The van der Waals surface area contributed by atoms with Crippen LogP contribution in [-0.2, 0) is 0 Å². The fourth-order valence-corrected chi connectivity index (χ4v) is 2.12. The van der Waals surface area contributed by atoms with Gasteiger partial charge in [-0.15, -0.1) is 0 Å². The second-order valence-electron chi connectivity index (χ2n) is 4.66. The summed E-state index contributed by atoms with van der Waals surface area (Å²) in [7, 11) is 0. The lowest BCUT2D eigenvalue weighted by atomic mass is 10.0. The van der Waals surface area contributed by atoms with Crippen LogP contribution in [0.5, 0.6) is 0 Å². The van der Waals surface area contributed by atoms with Crippen LogP contribution >= 0.6 is 0 Å². The van der Waals surface area contributed by atoms with Gasteiger partial charge in [-0.25, -0.2) is 0 Å². The third-order valence-electron chi connectivity index (χ3n) is 3.21. The van der Waals surface area contributed by atoms with Crippen molar-refractivity contribution < 1.29 is 0 Å². The molecule has 2 aromatic carbocycles. The molecular formula is C18H15N. The standard InChI is InChI=1S/C18H15N/c1-14-7-9-15(10-8-14)17-11-12-19-18(13-17)16-5-3-2-4-6-16/h2-13H,1H3. The van der Waals surface area contributed by atoms with Crippen LogP contribution in [0.4, 0.5) is 0 Å². The van der Waals surface area contributed by atoms with Crippen molar-refractivity contribution in [3.05, 3.63) is 78.5 Å². The molecule has 0 aliphatic heterocycles. The zero-order chi connectivity index (χ0) is 13.1. The van der Waals surface area contributed by atoms with Crippen molar-refractivity contribution in [2.75, 3.05) is 0 Å². The number of hydrogen-bond acceptors (Lipinski definition) is 1. The van der Waals surface area contributed by atoms with Gasteiger partial charge in [0.25, 0.3) is 0 Å². The Kier molecular flexibility index (Phi) is 3.11. The lowest BCUT2D eigenvalue weighted by molar-refractivity contribution is 1.32. The number of aryl methyl sites for hydroxylation is 1. The van der Waals surface area contributed by atoms with E-state index in [9.17, 15) is 0 Å². The second kappa shape index (κ2) is 5.07. The minimum absolute atomic E-state index is 1.01. The molecule has 1 heteroatoms. The first-order valence-corrected chi connectivity index (χ1v) is 6.41. The Morgan fingerprint density at radius 2 is 1.42 bits per heavy atom. The van der Waals surface area contributed by atoms with Crippen molar-refractivity contribution in [3.8, 4) is 22.4 Å². The first-order valence-electron chi connectivity index (χ1n) is 6.41. The van der Waals surface area contributed by atoms with Crippen LogP contribution in [0.15, 0.2) is 72.9 Å². The molecule has 0 amide bonds. The van der Waals surface area contributed by atoms with Gasteiger partial charge < -0.3 is 0 Å². The maximum atomic E-state index is 4.45. The van der Waals surface area contributed by atoms with Crippen molar-refractivity contribution in [1.29, 1.82) is 0 Å². The van der Waals surface area contributed by atoms with Gasteiger partial charge in [0, 0.05) is 11.8 Å². The Balaban J connectivity index is 2.03. The summed E-state index contributed by atoms with van der Waals surface area (Å²) in [6.07, 6.45) is 1.87. The number of benzene rings is 2. The fraction of sp³-hybridized carbons (Fsp3) is 0.0556. The van der Waals surface area contributed by atoms with Gasteiger partial charge in [-0.1, -0.05) is 60.2 Å². The summed E-state index contributed by atoms with van der Waals surface area (Å²) in [6, 6.07) is 23.0. The Morgan fingerprint density at radius 1 is 0.684 bits per heavy atom. The van der Waals surface area contributed by atoms with Gasteiger partial charge in [0.05, 0.1) is 5.69 Å². The van der Waals surface area contributed by atoms with E-state index in [-0.39, 0.29) is 0 Å². The van der Waals surface area contributed by atoms with E-state index in [4.69, 9.17) is 0 Å². The Hall–Kier alpha value is -2.41. The molecule has 3 rings (SSSR count). The van der Waals surface area contributed by atoms with Gasteiger partial charge in [-0.05, 0) is 30.2 Å². The van der Waals surface area contributed by atoms with E-state index in [0.717, 1.165) is 11.3 Å². The van der Waals surface area contributed by atoms with E-state index in [1.165, 1.54) is 16.7 Å². The van der Waals surface area contributed by atoms with E-state index in [0.29, 0.717) is 0 Å². The number of nitrogens with zero attached hydrogens (tertiary/aromatic N) is 1. The van der Waals surface area contributed by atoms with E-state index in [2.05, 4.69) is 60.4 Å². The SMILES string of the molecule is Cc1ccc(-c2ccnc(-c3ccccc3)c2)cc1. The zero-order valence-corrected chi connectivity index (χ0v) is 10.9. The average molecular weight is 245 g/mol. The smallest absolute Gasteiger partial charge is 0.0708 e. The third kappa shape index (κ3) is 2.55. The molecular weight excluding hydrogens is 230 g/mol. The quantitative estimate of drug-likeness (QED) is 0.636. The summed E-state index contributed by atoms with van der Waals surface area (Å²) in [4.78, 5) is 4.45. The molecule has 0 unspecified atom stereocenters. The van der Waals surface area contributed by atoms with Gasteiger partial charge in [0.2, 0.25) is 0 Å². The van der Waals surface area contributed by atoms with E-state index in [1.807, 2.05) is 24.4 Å². The number of aromatic nitrogens is 1. The summed E-state index contributed by atoms with van der Waals surface area (Å²) in [5, 5.41) is 0. The monoisotopic (exact) mass is 245 g/mol. The van der Waals surface area contributed by atoms with Crippen molar-refractivity contribution in [3.63, 3.8) is 0 Å². The molecule has 0 atom stereocenters. The first kappa shape index (κ1) is 11.7. The maximum absolute atomic E-state index is 4.45. The minimum atomic E-state index is 1.01. The van der Waals surface area contributed by atoms with Crippen LogP contribution < -0.4 is 0 Å².